The fourth-order valence-electron chi connectivity index (χ4n) is 0.708. The van der Waals surface area contributed by atoms with Crippen molar-refractivity contribution in [1.29, 1.82) is 0 Å². The van der Waals surface area contributed by atoms with Gasteiger partial charge < -0.3 is 10.8 Å². The molecule has 0 unspecified atom stereocenters. The molecule has 0 spiro atoms. The van der Waals surface area contributed by atoms with Gasteiger partial charge in [0.2, 0.25) is 0 Å². The van der Waals surface area contributed by atoms with Gasteiger partial charge in [-0.05, 0) is 12.1 Å². The molecule has 3 N–H and O–H groups in total. The Bertz CT molecular complexity index is 298. The first-order chi connectivity index (χ1) is 5.11. The summed E-state index contributed by atoms with van der Waals surface area (Å²) in [6.07, 6.45) is 0. The molecular weight excluding hydrogens is 141 g/mol. The Morgan fingerprint density at radius 3 is 2.64 bits per heavy atom. The van der Waals surface area contributed by atoms with Crippen LogP contribution >= 0.6 is 0 Å². The first-order valence-corrected chi connectivity index (χ1v) is 2.99. The van der Waals surface area contributed by atoms with E-state index in [0.29, 0.717) is 11.2 Å². The van der Waals surface area contributed by atoms with Gasteiger partial charge in [-0.1, -0.05) is 11.5 Å². The van der Waals surface area contributed by atoms with Crippen LogP contribution in [0.3, 0.4) is 0 Å². The second kappa shape index (κ2) is 2.66. The molecular formula is C7H6BNO2. The topological polar surface area (TPSA) is 63.3 Å². The minimum atomic E-state index is -1.00. The predicted octanol–water partition coefficient (Wildman–Crippen LogP) is -0.239. The van der Waals surface area contributed by atoms with Crippen LogP contribution in [0.15, 0.2) is 18.2 Å². The standard InChI is InChI=1S/C7H6BNO2/c8-5-3-4(7(10)11)1-2-6(5)9/h1-3H,9H2,(H,10,11). The summed E-state index contributed by atoms with van der Waals surface area (Å²) in [5, 5.41) is 8.50. The molecule has 0 saturated carbocycles. The van der Waals surface area contributed by atoms with Crippen LogP contribution in [-0.2, 0) is 0 Å². The number of nitrogen functional groups attached to an aromatic ring is 1. The summed E-state index contributed by atoms with van der Waals surface area (Å²) in [6, 6.07) is 4.21. The van der Waals surface area contributed by atoms with Gasteiger partial charge in [-0.25, -0.2) is 4.79 Å². The molecule has 0 heterocycles. The van der Waals surface area contributed by atoms with Crippen LogP contribution in [-0.4, -0.2) is 18.9 Å². The van der Waals surface area contributed by atoms with Gasteiger partial charge in [0.15, 0.2) is 0 Å². The maximum atomic E-state index is 10.4. The van der Waals surface area contributed by atoms with Gasteiger partial charge in [0.05, 0.1) is 5.56 Å². The fourth-order valence-corrected chi connectivity index (χ4v) is 0.708. The van der Waals surface area contributed by atoms with E-state index in [1.165, 1.54) is 18.2 Å². The number of hydrogen-bond donors (Lipinski definition) is 2. The molecule has 0 atom stereocenters. The van der Waals surface area contributed by atoms with E-state index in [2.05, 4.69) is 0 Å². The van der Waals surface area contributed by atoms with Crippen LogP contribution in [0.1, 0.15) is 10.4 Å². The van der Waals surface area contributed by atoms with Gasteiger partial charge in [-0.3, -0.25) is 0 Å². The Hall–Kier alpha value is -1.45. The summed E-state index contributed by atoms with van der Waals surface area (Å²) in [5.41, 5.74) is 6.21. The van der Waals surface area contributed by atoms with E-state index in [0.717, 1.165) is 0 Å². The summed E-state index contributed by atoms with van der Waals surface area (Å²) in [4.78, 5) is 10.4. The van der Waals surface area contributed by atoms with Crippen LogP contribution in [0.4, 0.5) is 5.69 Å². The first kappa shape index (κ1) is 7.66. The van der Waals surface area contributed by atoms with Crippen molar-refractivity contribution in [2.24, 2.45) is 0 Å². The smallest absolute Gasteiger partial charge is 0.335 e. The van der Waals surface area contributed by atoms with Gasteiger partial charge in [0.1, 0.15) is 7.85 Å². The highest BCUT2D eigenvalue weighted by Crippen LogP contribution is 2.01. The lowest BCUT2D eigenvalue weighted by Gasteiger charge is -2.00. The lowest BCUT2D eigenvalue weighted by Crippen LogP contribution is -2.12. The number of aromatic carboxylic acids is 1. The normalized spacial score (nSPS) is 9.45. The second-order valence-electron chi connectivity index (χ2n) is 2.15. The highest BCUT2D eigenvalue weighted by Gasteiger charge is 2.02. The van der Waals surface area contributed by atoms with E-state index in [-0.39, 0.29) is 5.56 Å². The third kappa shape index (κ3) is 1.52. The summed E-state index contributed by atoms with van der Waals surface area (Å²) in [5.74, 6) is -1.00. The molecule has 0 aliphatic heterocycles. The number of hydrogen-bond acceptors (Lipinski definition) is 2. The summed E-state index contributed by atoms with van der Waals surface area (Å²) >= 11 is 0. The molecule has 2 radical (unpaired) electrons. The van der Waals surface area contributed by atoms with E-state index in [1.807, 2.05) is 0 Å². The molecule has 0 aliphatic carbocycles. The Morgan fingerprint density at radius 2 is 2.18 bits per heavy atom. The minimum Gasteiger partial charge on any atom is -0.478 e. The number of rotatable bonds is 1. The van der Waals surface area contributed by atoms with Crippen LogP contribution in [0.25, 0.3) is 0 Å². The molecule has 1 aromatic rings. The largest absolute Gasteiger partial charge is 0.478 e. The molecule has 11 heavy (non-hydrogen) atoms. The lowest BCUT2D eigenvalue weighted by molar-refractivity contribution is 0.0697. The minimum absolute atomic E-state index is 0.150. The van der Waals surface area contributed by atoms with Crippen molar-refractivity contribution in [3.8, 4) is 0 Å². The monoisotopic (exact) mass is 147 g/mol. The third-order valence-electron chi connectivity index (χ3n) is 1.33. The zero-order chi connectivity index (χ0) is 8.43. The van der Waals surface area contributed by atoms with Crippen molar-refractivity contribution >= 4 is 25.0 Å². The van der Waals surface area contributed by atoms with E-state index < -0.39 is 5.97 Å². The van der Waals surface area contributed by atoms with Crippen LogP contribution in [0, 0.1) is 0 Å². The molecule has 0 amide bonds. The highest BCUT2D eigenvalue weighted by atomic mass is 16.4. The zero-order valence-corrected chi connectivity index (χ0v) is 5.74. The highest BCUT2D eigenvalue weighted by molar-refractivity contribution is 6.36. The molecule has 1 aromatic carbocycles. The van der Waals surface area contributed by atoms with Crippen LogP contribution in [0.5, 0.6) is 0 Å². The molecule has 0 saturated heterocycles. The molecule has 0 fully saturated rings. The Labute approximate surface area is 65.2 Å². The zero-order valence-electron chi connectivity index (χ0n) is 5.74. The van der Waals surface area contributed by atoms with E-state index in [4.69, 9.17) is 18.7 Å². The lowest BCUT2D eigenvalue weighted by atomic mass is 9.92. The molecule has 0 bridgehead atoms. The SMILES string of the molecule is [B]c1cc(C(=O)O)ccc1N. The van der Waals surface area contributed by atoms with Crippen LogP contribution in [0.2, 0.25) is 0 Å². The molecule has 0 aliphatic rings. The Morgan fingerprint density at radius 1 is 1.55 bits per heavy atom. The van der Waals surface area contributed by atoms with Crippen molar-refractivity contribution in [2.45, 2.75) is 0 Å². The number of carboxylic acid groups (broad SMARTS) is 1. The average Bonchev–Trinajstić information content (AvgIpc) is 1.94. The van der Waals surface area contributed by atoms with E-state index >= 15 is 0 Å². The second-order valence-corrected chi connectivity index (χ2v) is 2.15. The van der Waals surface area contributed by atoms with Gasteiger partial charge in [0, 0.05) is 5.69 Å². The number of anilines is 1. The van der Waals surface area contributed by atoms with Crippen molar-refractivity contribution in [2.75, 3.05) is 5.73 Å². The van der Waals surface area contributed by atoms with Crippen molar-refractivity contribution in [3.05, 3.63) is 23.8 Å². The number of nitrogens with two attached hydrogens (primary N) is 1. The predicted molar refractivity (Wildman–Crippen MR) is 43.2 cm³/mol. The number of carbonyl (C=O) groups is 1. The molecule has 3 nitrogen and oxygen atoms in total. The Kier molecular flexibility index (Phi) is 1.85. The quantitative estimate of drug-likeness (QED) is 0.425. The number of benzene rings is 1. The summed E-state index contributed by atoms with van der Waals surface area (Å²) < 4.78 is 0. The van der Waals surface area contributed by atoms with E-state index in [9.17, 15) is 4.79 Å². The average molecular weight is 147 g/mol. The summed E-state index contributed by atoms with van der Waals surface area (Å²) in [7, 11) is 5.37. The fraction of sp³-hybridized carbons (Fsp3) is 0. The summed E-state index contributed by atoms with van der Waals surface area (Å²) in [6.45, 7) is 0. The number of carboxylic acids is 1. The van der Waals surface area contributed by atoms with Crippen molar-refractivity contribution in [3.63, 3.8) is 0 Å². The van der Waals surface area contributed by atoms with Gasteiger partial charge in [0.25, 0.3) is 0 Å². The van der Waals surface area contributed by atoms with Gasteiger partial charge >= 0.3 is 5.97 Å². The molecule has 54 valence electrons. The Balaban J connectivity index is 3.15. The first-order valence-electron chi connectivity index (χ1n) is 2.99. The third-order valence-corrected chi connectivity index (χ3v) is 1.33. The van der Waals surface area contributed by atoms with Crippen molar-refractivity contribution < 1.29 is 9.90 Å². The molecule has 4 heteroatoms. The maximum Gasteiger partial charge on any atom is 0.335 e. The van der Waals surface area contributed by atoms with E-state index in [1.54, 1.807) is 0 Å². The van der Waals surface area contributed by atoms with Crippen molar-refractivity contribution in [1.82, 2.24) is 0 Å². The van der Waals surface area contributed by atoms with Gasteiger partial charge in [-0.2, -0.15) is 0 Å². The molecule has 0 aromatic heterocycles. The molecule has 1 rings (SSSR count). The maximum absolute atomic E-state index is 10.4. The van der Waals surface area contributed by atoms with Crippen LogP contribution < -0.4 is 11.2 Å². The van der Waals surface area contributed by atoms with Gasteiger partial charge in [-0.15, -0.1) is 0 Å².